The molecule has 1 fully saturated rings. The van der Waals surface area contributed by atoms with Gasteiger partial charge in [-0.15, -0.1) is 0 Å². The fourth-order valence-electron chi connectivity index (χ4n) is 4.12. The first kappa shape index (κ1) is 23.6. The SMILES string of the molecule is CC1CCN(c2nc(-c3ccccc3F)ccc2C(=O)NS(=O)(=O)c2cccnc2N)C1(C)C. The number of anilines is 2. The summed E-state index contributed by atoms with van der Waals surface area (Å²) < 4.78 is 42.2. The molecule has 10 heteroatoms. The van der Waals surface area contributed by atoms with Crippen molar-refractivity contribution in [2.24, 2.45) is 5.92 Å². The first-order valence-electron chi connectivity index (χ1n) is 10.8. The number of pyridine rings is 2. The molecule has 4 rings (SSSR count). The second kappa shape index (κ2) is 8.68. The molecule has 2 aromatic heterocycles. The molecule has 1 saturated heterocycles. The molecule has 3 aromatic rings. The van der Waals surface area contributed by atoms with Crippen molar-refractivity contribution in [3.8, 4) is 11.3 Å². The Morgan fingerprint density at radius 2 is 1.91 bits per heavy atom. The van der Waals surface area contributed by atoms with E-state index in [-0.39, 0.29) is 27.4 Å². The van der Waals surface area contributed by atoms with Crippen molar-refractivity contribution in [1.82, 2.24) is 14.7 Å². The maximum Gasteiger partial charge on any atom is 0.268 e. The third kappa shape index (κ3) is 4.21. The van der Waals surface area contributed by atoms with Gasteiger partial charge in [-0.25, -0.2) is 27.5 Å². The zero-order chi connectivity index (χ0) is 24.7. The molecule has 3 N–H and O–H groups in total. The van der Waals surface area contributed by atoms with E-state index in [1.807, 2.05) is 18.7 Å². The molecule has 1 amide bonds. The van der Waals surface area contributed by atoms with Crippen molar-refractivity contribution in [3.05, 3.63) is 66.1 Å². The van der Waals surface area contributed by atoms with Gasteiger partial charge in [0.2, 0.25) is 0 Å². The molecule has 0 saturated carbocycles. The van der Waals surface area contributed by atoms with E-state index in [9.17, 15) is 17.6 Å². The third-order valence-electron chi connectivity index (χ3n) is 6.53. The molecule has 1 aliphatic heterocycles. The number of amides is 1. The number of hydrogen-bond donors (Lipinski definition) is 2. The van der Waals surface area contributed by atoms with Crippen LogP contribution in [0.25, 0.3) is 11.3 Å². The Morgan fingerprint density at radius 1 is 1.18 bits per heavy atom. The van der Waals surface area contributed by atoms with Gasteiger partial charge in [0.15, 0.2) is 0 Å². The minimum atomic E-state index is -4.28. The number of nitrogen functional groups attached to an aromatic ring is 1. The predicted molar refractivity (Wildman–Crippen MR) is 128 cm³/mol. The third-order valence-corrected chi connectivity index (χ3v) is 7.91. The summed E-state index contributed by atoms with van der Waals surface area (Å²) in [6, 6.07) is 11.9. The van der Waals surface area contributed by atoms with Crippen LogP contribution in [0.2, 0.25) is 0 Å². The van der Waals surface area contributed by atoms with E-state index >= 15 is 0 Å². The Balaban J connectivity index is 1.80. The van der Waals surface area contributed by atoms with Crippen molar-refractivity contribution in [3.63, 3.8) is 0 Å². The van der Waals surface area contributed by atoms with Crippen LogP contribution in [0.1, 0.15) is 37.6 Å². The van der Waals surface area contributed by atoms with Crippen molar-refractivity contribution < 1.29 is 17.6 Å². The molecule has 0 spiro atoms. The van der Waals surface area contributed by atoms with Gasteiger partial charge in [0, 0.05) is 23.8 Å². The molecule has 1 aromatic carbocycles. The molecule has 0 bridgehead atoms. The number of nitrogens with zero attached hydrogens (tertiary/aromatic N) is 3. The van der Waals surface area contributed by atoms with E-state index in [4.69, 9.17) is 5.73 Å². The van der Waals surface area contributed by atoms with E-state index in [2.05, 4.69) is 21.6 Å². The molecule has 1 unspecified atom stereocenters. The number of halogens is 1. The average molecular weight is 484 g/mol. The summed E-state index contributed by atoms with van der Waals surface area (Å²) in [5, 5.41) is 0. The van der Waals surface area contributed by atoms with Crippen LogP contribution < -0.4 is 15.4 Å². The second-order valence-corrected chi connectivity index (χ2v) is 10.5. The van der Waals surface area contributed by atoms with Crippen LogP contribution >= 0.6 is 0 Å². The monoisotopic (exact) mass is 483 g/mol. The molecule has 178 valence electrons. The fraction of sp³-hybridized carbons (Fsp3) is 0.292. The minimum Gasteiger partial charge on any atom is -0.383 e. The molecule has 0 aliphatic carbocycles. The van der Waals surface area contributed by atoms with Crippen molar-refractivity contribution in [2.45, 2.75) is 37.6 Å². The molecular weight excluding hydrogens is 457 g/mol. The highest BCUT2D eigenvalue weighted by molar-refractivity contribution is 7.90. The summed E-state index contributed by atoms with van der Waals surface area (Å²) in [5.74, 6) is -0.934. The van der Waals surface area contributed by atoms with Gasteiger partial charge in [0.05, 0.1) is 11.3 Å². The van der Waals surface area contributed by atoms with Crippen LogP contribution in [0.4, 0.5) is 16.0 Å². The lowest BCUT2D eigenvalue weighted by Crippen LogP contribution is -2.43. The topological polar surface area (TPSA) is 118 Å². The Hall–Kier alpha value is -3.53. The number of aromatic nitrogens is 2. The van der Waals surface area contributed by atoms with Gasteiger partial charge in [-0.1, -0.05) is 19.1 Å². The number of nitrogens with two attached hydrogens (primary N) is 1. The van der Waals surface area contributed by atoms with Gasteiger partial charge in [-0.2, -0.15) is 0 Å². The summed E-state index contributed by atoms with van der Waals surface area (Å²) in [6.45, 7) is 6.80. The largest absolute Gasteiger partial charge is 0.383 e. The molecule has 8 nitrogen and oxygen atoms in total. The Bertz CT molecular complexity index is 1360. The first-order chi connectivity index (χ1) is 16.0. The second-order valence-electron chi connectivity index (χ2n) is 8.86. The smallest absolute Gasteiger partial charge is 0.268 e. The van der Waals surface area contributed by atoms with E-state index in [0.717, 1.165) is 6.42 Å². The number of benzene rings is 1. The van der Waals surface area contributed by atoms with E-state index in [1.165, 1.54) is 36.5 Å². The van der Waals surface area contributed by atoms with E-state index in [0.29, 0.717) is 24.0 Å². The normalized spacial score (nSPS) is 17.5. The number of nitrogens with one attached hydrogen (secondary N) is 1. The van der Waals surface area contributed by atoms with Crippen LogP contribution in [0.3, 0.4) is 0 Å². The zero-order valence-corrected chi connectivity index (χ0v) is 19.9. The molecular formula is C24H26FN5O3S. The lowest BCUT2D eigenvalue weighted by molar-refractivity contribution is 0.0981. The van der Waals surface area contributed by atoms with Gasteiger partial charge < -0.3 is 10.6 Å². The number of rotatable bonds is 5. The lowest BCUT2D eigenvalue weighted by Gasteiger charge is -2.36. The summed E-state index contributed by atoms with van der Waals surface area (Å²) >= 11 is 0. The maximum absolute atomic E-state index is 14.5. The lowest BCUT2D eigenvalue weighted by atomic mass is 9.90. The fourth-order valence-corrected chi connectivity index (χ4v) is 5.17. The number of hydrogen-bond acceptors (Lipinski definition) is 7. The molecule has 34 heavy (non-hydrogen) atoms. The van der Waals surface area contributed by atoms with E-state index in [1.54, 1.807) is 18.2 Å². The Kier molecular flexibility index (Phi) is 6.03. The van der Waals surface area contributed by atoms with Gasteiger partial charge in [0.25, 0.3) is 15.9 Å². The quantitative estimate of drug-likeness (QED) is 0.569. The summed E-state index contributed by atoms with van der Waals surface area (Å²) in [7, 11) is -4.28. The van der Waals surface area contributed by atoms with Gasteiger partial charge in [-0.05, 0) is 62.6 Å². The van der Waals surface area contributed by atoms with Crippen molar-refractivity contribution in [1.29, 1.82) is 0 Å². The van der Waals surface area contributed by atoms with Crippen LogP contribution in [0.5, 0.6) is 0 Å². The molecule has 3 heterocycles. The summed E-state index contributed by atoms with van der Waals surface area (Å²) in [6.07, 6.45) is 2.22. The van der Waals surface area contributed by atoms with Crippen molar-refractivity contribution in [2.75, 3.05) is 17.2 Å². The molecule has 0 radical (unpaired) electrons. The summed E-state index contributed by atoms with van der Waals surface area (Å²) in [5.41, 5.74) is 6.04. The maximum atomic E-state index is 14.5. The van der Waals surface area contributed by atoms with Crippen LogP contribution in [-0.2, 0) is 10.0 Å². The average Bonchev–Trinajstić information content (AvgIpc) is 3.05. The number of carbonyl (C=O) groups excluding carboxylic acids is 1. The Morgan fingerprint density at radius 3 is 2.56 bits per heavy atom. The minimum absolute atomic E-state index is 0.0632. The van der Waals surface area contributed by atoms with Crippen LogP contribution in [0.15, 0.2) is 59.6 Å². The van der Waals surface area contributed by atoms with Crippen LogP contribution in [0, 0.1) is 11.7 Å². The van der Waals surface area contributed by atoms with E-state index < -0.39 is 21.7 Å². The highest BCUT2D eigenvalue weighted by atomic mass is 32.2. The zero-order valence-electron chi connectivity index (χ0n) is 19.1. The van der Waals surface area contributed by atoms with Crippen LogP contribution in [-0.4, -0.2) is 36.4 Å². The molecule has 1 atom stereocenters. The van der Waals surface area contributed by atoms with Crippen molar-refractivity contribution >= 4 is 27.6 Å². The van der Waals surface area contributed by atoms with Gasteiger partial charge >= 0.3 is 0 Å². The highest BCUT2D eigenvalue weighted by Gasteiger charge is 2.41. The Labute approximate surface area is 198 Å². The predicted octanol–water partition coefficient (Wildman–Crippen LogP) is 3.61. The van der Waals surface area contributed by atoms with Gasteiger partial charge in [-0.3, -0.25) is 4.79 Å². The number of sulfonamides is 1. The van der Waals surface area contributed by atoms with Gasteiger partial charge in [0.1, 0.15) is 22.3 Å². The first-order valence-corrected chi connectivity index (χ1v) is 12.3. The standard InChI is InChI=1S/C24H26FN5O3S/c1-15-12-14-30(24(15,2)3)22-17(10-11-19(28-22)16-7-4-5-8-18(16)25)23(31)29-34(32,33)20-9-6-13-27-21(20)26/h4-11,13,15H,12,14H2,1-3H3,(H2,26,27)(H,29,31). The number of carbonyl (C=O) groups is 1. The molecule has 1 aliphatic rings. The highest BCUT2D eigenvalue weighted by Crippen LogP contribution is 2.39. The summed E-state index contributed by atoms with van der Waals surface area (Å²) in [4.78, 5) is 23.3.